The summed E-state index contributed by atoms with van der Waals surface area (Å²) < 4.78 is 5.34. The molecule has 0 spiro atoms. The van der Waals surface area contributed by atoms with Gasteiger partial charge in [-0.05, 0) is 67.6 Å². The van der Waals surface area contributed by atoms with Gasteiger partial charge in [0.15, 0.2) is 0 Å². The molecule has 1 heterocycles. The highest BCUT2D eigenvalue weighted by Gasteiger charge is 2.33. The fraction of sp³-hybridized carbons (Fsp3) is 0.938. The van der Waals surface area contributed by atoms with E-state index in [0.29, 0.717) is 12.1 Å². The molecule has 1 amide bonds. The van der Waals surface area contributed by atoms with Crippen molar-refractivity contribution in [2.45, 2.75) is 65.1 Å². The summed E-state index contributed by atoms with van der Waals surface area (Å²) in [6.07, 6.45) is 2.20. The van der Waals surface area contributed by atoms with Crippen molar-refractivity contribution in [2.75, 3.05) is 33.2 Å². The number of nitrogens with one attached hydrogen (secondary N) is 1. The Morgan fingerprint density at radius 2 is 1.95 bits per heavy atom. The quantitative estimate of drug-likeness (QED) is 0.733. The number of carbonyl (C=O) groups excluding carboxylic acids is 1. The second kappa shape index (κ2) is 7.99. The summed E-state index contributed by atoms with van der Waals surface area (Å²) in [4.78, 5) is 15.9. The van der Waals surface area contributed by atoms with Gasteiger partial charge in [-0.3, -0.25) is 0 Å². The van der Waals surface area contributed by atoms with Crippen LogP contribution >= 0.6 is 0 Å². The minimum atomic E-state index is -0.405. The lowest BCUT2D eigenvalue weighted by Crippen LogP contribution is -2.60. The summed E-state index contributed by atoms with van der Waals surface area (Å²) >= 11 is 0. The van der Waals surface area contributed by atoms with E-state index in [2.05, 4.69) is 31.1 Å². The van der Waals surface area contributed by atoms with E-state index in [1.165, 1.54) is 12.8 Å². The van der Waals surface area contributed by atoms with E-state index in [0.717, 1.165) is 26.2 Å². The molecule has 1 saturated heterocycles. The maximum atomic E-state index is 11.8. The van der Waals surface area contributed by atoms with Gasteiger partial charge >= 0.3 is 6.09 Å². The Hall–Kier alpha value is -0.810. The zero-order valence-electron chi connectivity index (χ0n) is 14.6. The highest BCUT2D eigenvalue weighted by Crippen LogP contribution is 2.15. The van der Waals surface area contributed by atoms with Crippen LogP contribution in [0.15, 0.2) is 0 Å². The molecule has 1 aliphatic rings. The Bertz CT molecular complexity index is 320. The van der Waals surface area contributed by atoms with Crippen LogP contribution in [0.1, 0.15) is 47.5 Å². The van der Waals surface area contributed by atoms with Gasteiger partial charge in [0.1, 0.15) is 5.60 Å². The number of hydrogen-bond acceptors (Lipinski definition) is 4. The molecule has 5 heteroatoms. The lowest BCUT2D eigenvalue weighted by Gasteiger charge is -2.40. The number of likely N-dealkylation sites (tertiary alicyclic amines) is 1. The molecule has 0 unspecified atom stereocenters. The average molecular weight is 299 g/mol. The van der Waals surface area contributed by atoms with Gasteiger partial charge in [-0.25, -0.2) is 4.79 Å². The molecule has 0 saturated carbocycles. The molecule has 124 valence electrons. The Morgan fingerprint density at radius 3 is 2.48 bits per heavy atom. The summed E-state index contributed by atoms with van der Waals surface area (Å²) in [6, 6.07) is 1.05. The molecular weight excluding hydrogens is 266 g/mol. The van der Waals surface area contributed by atoms with Gasteiger partial charge in [0.2, 0.25) is 0 Å². The van der Waals surface area contributed by atoms with E-state index >= 15 is 0 Å². The Morgan fingerprint density at radius 1 is 1.33 bits per heavy atom. The SMILES string of the molecule is CC(C)N(C)CCCCNC1CN(C(=O)OC(C)(C)C)C1. The number of nitrogens with zero attached hydrogens (tertiary/aromatic N) is 2. The molecule has 21 heavy (non-hydrogen) atoms. The van der Waals surface area contributed by atoms with Crippen LogP contribution in [0, 0.1) is 0 Å². The van der Waals surface area contributed by atoms with Crippen molar-refractivity contribution in [1.82, 2.24) is 15.1 Å². The Kier molecular flexibility index (Phi) is 6.94. The van der Waals surface area contributed by atoms with Gasteiger partial charge in [0.25, 0.3) is 0 Å². The standard InChI is InChI=1S/C16H33N3O2/c1-13(2)18(6)10-8-7-9-17-14-11-19(12-14)15(20)21-16(3,4)5/h13-14,17H,7-12H2,1-6H3. The maximum Gasteiger partial charge on any atom is 0.410 e. The van der Waals surface area contributed by atoms with Gasteiger partial charge in [0, 0.05) is 25.2 Å². The number of rotatable bonds is 7. The molecule has 0 aromatic rings. The second-order valence-electron chi connectivity index (χ2n) is 7.32. The number of hydrogen-bond donors (Lipinski definition) is 1. The van der Waals surface area contributed by atoms with Gasteiger partial charge < -0.3 is 19.9 Å². The molecule has 1 fully saturated rings. The van der Waals surface area contributed by atoms with Crippen molar-refractivity contribution in [3.63, 3.8) is 0 Å². The molecule has 1 rings (SSSR count). The first-order valence-corrected chi connectivity index (χ1v) is 8.10. The monoisotopic (exact) mass is 299 g/mol. The fourth-order valence-electron chi connectivity index (χ4n) is 2.13. The molecule has 0 atom stereocenters. The summed E-state index contributed by atoms with van der Waals surface area (Å²) in [6.45, 7) is 13.8. The minimum absolute atomic E-state index is 0.195. The molecule has 0 bridgehead atoms. The number of amides is 1. The molecule has 0 aromatic carbocycles. The summed E-state index contributed by atoms with van der Waals surface area (Å²) in [5.74, 6) is 0. The molecule has 0 aromatic heterocycles. The molecule has 1 aliphatic heterocycles. The van der Waals surface area contributed by atoms with Gasteiger partial charge in [-0.2, -0.15) is 0 Å². The third kappa shape index (κ3) is 7.14. The van der Waals surface area contributed by atoms with E-state index in [1.54, 1.807) is 4.90 Å². The van der Waals surface area contributed by atoms with Crippen LogP contribution in [0.2, 0.25) is 0 Å². The van der Waals surface area contributed by atoms with Crippen molar-refractivity contribution in [3.8, 4) is 0 Å². The largest absolute Gasteiger partial charge is 0.444 e. The summed E-state index contributed by atoms with van der Waals surface area (Å²) in [7, 11) is 2.17. The van der Waals surface area contributed by atoms with Crippen LogP contribution in [-0.4, -0.2) is 66.8 Å². The molecule has 5 nitrogen and oxygen atoms in total. The molecule has 1 N–H and O–H groups in total. The zero-order valence-corrected chi connectivity index (χ0v) is 14.6. The predicted molar refractivity (Wildman–Crippen MR) is 86.6 cm³/mol. The number of ether oxygens (including phenoxy) is 1. The van der Waals surface area contributed by atoms with Gasteiger partial charge in [0.05, 0.1) is 0 Å². The van der Waals surface area contributed by atoms with Crippen LogP contribution in [0.4, 0.5) is 4.79 Å². The molecular formula is C16H33N3O2. The van der Waals surface area contributed by atoms with Gasteiger partial charge in [-0.15, -0.1) is 0 Å². The van der Waals surface area contributed by atoms with E-state index in [4.69, 9.17) is 4.74 Å². The van der Waals surface area contributed by atoms with E-state index < -0.39 is 5.60 Å². The minimum Gasteiger partial charge on any atom is -0.444 e. The van der Waals surface area contributed by atoms with E-state index in [9.17, 15) is 4.79 Å². The lowest BCUT2D eigenvalue weighted by atomic mass is 10.1. The van der Waals surface area contributed by atoms with Crippen molar-refractivity contribution in [1.29, 1.82) is 0 Å². The first-order chi connectivity index (χ1) is 9.69. The molecule has 0 aliphatic carbocycles. The van der Waals surface area contributed by atoms with Crippen LogP contribution in [0.25, 0.3) is 0 Å². The Labute approximate surface area is 130 Å². The highest BCUT2D eigenvalue weighted by atomic mass is 16.6. The first kappa shape index (κ1) is 18.2. The number of unbranched alkanes of at least 4 members (excludes halogenated alkanes) is 1. The third-order valence-electron chi connectivity index (χ3n) is 3.79. The van der Waals surface area contributed by atoms with Crippen LogP contribution < -0.4 is 5.32 Å². The third-order valence-corrected chi connectivity index (χ3v) is 3.79. The normalized spacial score (nSPS) is 16.5. The Balaban J connectivity index is 2.02. The van der Waals surface area contributed by atoms with E-state index in [-0.39, 0.29) is 6.09 Å². The average Bonchev–Trinajstić information content (AvgIpc) is 2.27. The smallest absolute Gasteiger partial charge is 0.410 e. The van der Waals surface area contributed by atoms with Crippen LogP contribution in [-0.2, 0) is 4.74 Å². The van der Waals surface area contributed by atoms with Crippen LogP contribution in [0.3, 0.4) is 0 Å². The van der Waals surface area contributed by atoms with Crippen LogP contribution in [0.5, 0.6) is 0 Å². The van der Waals surface area contributed by atoms with Crippen molar-refractivity contribution in [2.24, 2.45) is 0 Å². The van der Waals surface area contributed by atoms with Gasteiger partial charge in [-0.1, -0.05) is 0 Å². The first-order valence-electron chi connectivity index (χ1n) is 8.10. The molecule has 0 radical (unpaired) electrons. The zero-order chi connectivity index (χ0) is 16.0. The lowest BCUT2D eigenvalue weighted by molar-refractivity contribution is 0.00534. The summed E-state index contributed by atoms with van der Waals surface area (Å²) in [5, 5.41) is 3.50. The highest BCUT2D eigenvalue weighted by molar-refractivity contribution is 5.69. The van der Waals surface area contributed by atoms with Crippen molar-refractivity contribution < 1.29 is 9.53 Å². The summed E-state index contributed by atoms with van der Waals surface area (Å²) in [5.41, 5.74) is -0.405. The fourth-order valence-corrected chi connectivity index (χ4v) is 2.13. The second-order valence-corrected chi connectivity index (χ2v) is 7.32. The van der Waals surface area contributed by atoms with E-state index in [1.807, 2.05) is 20.8 Å². The predicted octanol–water partition coefficient (Wildman–Crippen LogP) is 2.32. The number of carbonyl (C=O) groups is 1. The topological polar surface area (TPSA) is 44.8 Å². The maximum absolute atomic E-state index is 11.8. The van der Waals surface area contributed by atoms with Crippen molar-refractivity contribution in [3.05, 3.63) is 0 Å². The van der Waals surface area contributed by atoms with Crippen molar-refractivity contribution >= 4 is 6.09 Å².